The Kier molecular flexibility index (Phi) is 18.3. The number of unbranched alkanes of at least 4 members (excludes halogenated alkanes) is 3. The fraction of sp³-hybridized carbons (Fsp3) is 0.431. The highest BCUT2D eigenvalue weighted by Gasteiger charge is 2.46. The average molecular weight is 1180 g/mol. The Morgan fingerprint density at radius 2 is 1.71 bits per heavy atom. The number of nitrogens with two attached hydrogens (primary N) is 1. The van der Waals surface area contributed by atoms with Gasteiger partial charge in [-0.25, -0.2) is 9.51 Å². The molecule has 0 radical (unpaired) electrons. The third-order valence-corrected chi connectivity index (χ3v) is 17.9. The van der Waals surface area contributed by atoms with E-state index in [4.69, 9.17) is 15.5 Å². The minimum atomic E-state index is -4.05. The molecule has 0 saturated carbocycles. The van der Waals surface area contributed by atoms with E-state index < -0.39 is 80.0 Å². The molecule has 3 saturated heterocycles. The molecule has 24 heteroatoms. The molecule has 9 rings (SSSR count). The van der Waals surface area contributed by atoms with E-state index in [1.54, 1.807) is 23.2 Å². The third kappa shape index (κ3) is 13.7. The van der Waals surface area contributed by atoms with Crippen LogP contribution in [0, 0.1) is 11.8 Å². The minimum Gasteiger partial charge on any atom is -0.370 e. The highest BCUT2D eigenvalue weighted by atomic mass is 32.1. The molecule has 19 nitrogen and oxygen atoms in total. The lowest BCUT2D eigenvalue weighted by atomic mass is 9.87. The summed E-state index contributed by atoms with van der Waals surface area (Å²) in [6.07, 6.45) is 1.55. The van der Waals surface area contributed by atoms with Crippen LogP contribution in [0.2, 0.25) is 0 Å². The number of rotatable bonds is 18. The van der Waals surface area contributed by atoms with Crippen LogP contribution in [0.25, 0.3) is 20.5 Å². The number of thiazole rings is 1. The van der Waals surface area contributed by atoms with E-state index in [1.165, 1.54) is 33.3 Å². The zero-order valence-corrected chi connectivity index (χ0v) is 47.9. The number of nitrogens with one attached hydrogen (secondary N) is 3. The summed E-state index contributed by atoms with van der Waals surface area (Å²) in [5, 5.41) is 8.94. The van der Waals surface area contributed by atoms with Gasteiger partial charge < -0.3 is 40.9 Å². The number of benzene rings is 3. The standard InChI is InChI=1S/C58H63F2N8O11PS2/c1-57(2,3)36-16-14-34(15-17-36)47-30-62-54(82-47)41(20-24-48(61)69)63-52(73)44-21-19-38-26-27-66(32-42(56(76)68(38)44)64-53(74)46-29-35-28-37(18-23-45(35)81-46)58(59,60)79-80(77)78)50(71)13-8-6-4-5-7-10-33-11-9-12-39-40(33)31-67(55(39)75)43-22-25-49(70)65-51(43)72/h9,11-12,14-18,23,28-30,38,41-44,77-78H,4-6,8,13,19-22,24-27,31-32H2,1-3H3,(H2,61,69)(H,63,73)(H,64,74)(H,65,70,72)/t38-,41+,42+,43?,44+/m1/s1. The first kappa shape index (κ1) is 59.6. The van der Waals surface area contributed by atoms with Gasteiger partial charge in [0, 0.05) is 73.4 Å². The lowest BCUT2D eigenvalue weighted by molar-refractivity contribution is -0.189. The molecular formula is C58H63F2N8O11PS2. The van der Waals surface area contributed by atoms with Gasteiger partial charge in [-0.15, -0.1) is 22.7 Å². The van der Waals surface area contributed by atoms with E-state index in [0.29, 0.717) is 59.4 Å². The van der Waals surface area contributed by atoms with Crippen molar-refractivity contribution in [2.45, 2.75) is 146 Å². The summed E-state index contributed by atoms with van der Waals surface area (Å²) in [6, 6.07) is 13.8. The van der Waals surface area contributed by atoms with Gasteiger partial charge >= 0.3 is 14.7 Å². The number of hydrogen-bond donors (Lipinski definition) is 6. The van der Waals surface area contributed by atoms with Crippen molar-refractivity contribution >= 4 is 88.6 Å². The van der Waals surface area contributed by atoms with Gasteiger partial charge in [-0.2, -0.15) is 8.78 Å². The lowest BCUT2D eigenvalue weighted by Gasteiger charge is -2.39. The highest BCUT2D eigenvalue weighted by molar-refractivity contribution is 7.39. The number of piperidine rings is 1. The Morgan fingerprint density at radius 3 is 2.44 bits per heavy atom. The van der Waals surface area contributed by atoms with E-state index in [9.17, 15) is 42.3 Å². The van der Waals surface area contributed by atoms with Crippen molar-refractivity contribution in [2.75, 3.05) is 13.1 Å². The largest absolute Gasteiger partial charge is 0.389 e. The van der Waals surface area contributed by atoms with Crippen LogP contribution in [-0.4, -0.2) is 114 Å². The lowest BCUT2D eigenvalue weighted by Crippen LogP contribution is -2.61. The summed E-state index contributed by atoms with van der Waals surface area (Å²) in [6.45, 7) is 6.55. The fourth-order valence-corrected chi connectivity index (χ4v) is 13.2. The number of primary amides is 1. The van der Waals surface area contributed by atoms with Crippen LogP contribution < -0.4 is 21.7 Å². The predicted octanol–water partition coefficient (Wildman–Crippen LogP) is 7.18. The molecule has 4 aliphatic rings. The number of halogens is 2. The molecule has 0 aliphatic carbocycles. The van der Waals surface area contributed by atoms with Crippen LogP contribution in [-0.2, 0) is 51.4 Å². The number of carbonyl (C=O) groups is 8. The number of hydrogen-bond acceptors (Lipinski definition) is 14. The average Bonchev–Trinajstić information content (AvgIpc) is 4.38. The van der Waals surface area contributed by atoms with E-state index >= 15 is 4.79 Å². The molecule has 5 atom stereocenters. The van der Waals surface area contributed by atoms with Crippen LogP contribution in [0.5, 0.6) is 0 Å². The molecule has 3 aromatic carbocycles. The van der Waals surface area contributed by atoms with Crippen molar-refractivity contribution in [2.24, 2.45) is 5.73 Å². The van der Waals surface area contributed by atoms with Gasteiger partial charge in [0.15, 0.2) is 0 Å². The summed E-state index contributed by atoms with van der Waals surface area (Å²) in [4.78, 5) is 136. The maximum Gasteiger partial charge on any atom is 0.389 e. The number of fused-ring (bicyclic) bond motifs is 3. The van der Waals surface area contributed by atoms with Crippen LogP contribution in [0.4, 0.5) is 8.78 Å². The predicted molar refractivity (Wildman–Crippen MR) is 302 cm³/mol. The zero-order chi connectivity index (χ0) is 58.6. The molecule has 4 aliphatic heterocycles. The van der Waals surface area contributed by atoms with Crippen molar-refractivity contribution in [1.29, 1.82) is 0 Å². The van der Waals surface area contributed by atoms with Crippen LogP contribution in [0.1, 0.15) is 151 Å². The van der Waals surface area contributed by atoms with Gasteiger partial charge in [-0.05, 0) is 109 Å². The Hall–Kier alpha value is -7.06. The third-order valence-electron chi connectivity index (χ3n) is 15.3. The molecule has 82 heavy (non-hydrogen) atoms. The van der Waals surface area contributed by atoms with E-state index in [0.717, 1.165) is 45.0 Å². The molecule has 2 aromatic heterocycles. The Morgan fingerprint density at radius 1 is 0.939 bits per heavy atom. The van der Waals surface area contributed by atoms with Gasteiger partial charge in [0.1, 0.15) is 23.1 Å². The summed E-state index contributed by atoms with van der Waals surface area (Å²) in [7, 11) is -3.40. The summed E-state index contributed by atoms with van der Waals surface area (Å²) >= 11 is 2.33. The Labute approximate surface area is 481 Å². The molecular weight excluding hydrogens is 1120 g/mol. The van der Waals surface area contributed by atoms with E-state index in [1.807, 2.05) is 18.2 Å². The van der Waals surface area contributed by atoms with Crippen molar-refractivity contribution in [3.8, 4) is 22.3 Å². The first-order chi connectivity index (χ1) is 39.0. The van der Waals surface area contributed by atoms with E-state index in [2.05, 4.69) is 70.2 Å². The monoisotopic (exact) mass is 1180 g/mol. The van der Waals surface area contributed by atoms with Crippen molar-refractivity contribution in [3.05, 3.63) is 111 Å². The van der Waals surface area contributed by atoms with Crippen LogP contribution in [0.15, 0.2) is 72.9 Å². The molecule has 432 valence electrons. The normalized spacial score (nSPS) is 19.7. The molecule has 0 spiro atoms. The van der Waals surface area contributed by atoms with Crippen LogP contribution >= 0.6 is 31.3 Å². The first-order valence-corrected chi connectivity index (χ1v) is 29.9. The fourth-order valence-electron chi connectivity index (χ4n) is 10.9. The van der Waals surface area contributed by atoms with Crippen LogP contribution in [0.3, 0.4) is 0 Å². The molecule has 6 heterocycles. The molecule has 8 amide bonds. The summed E-state index contributed by atoms with van der Waals surface area (Å²) in [5.74, 6) is 2.56. The number of alkyl halides is 2. The van der Waals surface area contributed by atoms with Crippen molar-refractivity contribution in [1.82, 2.24) is 35.6 Å². The molecule has 5 aromatic rings. The zero-order valence-electron chi connectivity index (χ0n) is 45.4. The van der Waals surface area contributed by atoms with Crippen molar-refractivity contribution in [3.63, 3.8) is 0 Å². The first-order valence-electron chi connectivity index (χ1n) is 27.1. The minimum absolute atomic E-state index is 0.0512. The summed E-state index contributed by atoms with van der Waals surface area (Å²) in [5.41, 5.74) is 8.80. The molecule has 0 bridgehead atoms. The second-order valence-electron chi connectivity index (χ2n) is 21.9. The molecule has 3 fully saturated rings. The molecule has 7 N–H and O–H groups in total. The number of amides is 8. The van der Waals surface area contributed by atoms with Gasteiger partial charge in [0.2, 0.25) is 35.4 Å². The number of carbonyl (C=O) groups excluding carboxylic acids is 8. The SMILES string of the molecule is CC(C)(C)c1ccc(-c2cnc([C@H](CCC(N)=O)NC(=O)[C@@H]3CC[C@@H]4CCN(C(=O)CCCCCC#Cc5cccc6c5CN(C5CCC(=O)NC5=O)C6=O)C[C@H](NC(=O)c5cc6cc(C(F)(F)OP(O)O)ccc6s5)C(=O)N43)s2)cc1. The van der Waals surface area contributed by atoms with Crippen molar-refractivity contribution < 1.29 is 61.4 Å². The number of imide groups is 1. The maximum absolute atomic E-state index is 15.0. The second-order valence-corrected chi connectivity index (χ2v) is 24.8. The highest BCUT2D eigenvalue weighted by Crippen LogP contribution is 2.43. The van der Waals surface area contributed by atoms with Gasteiger partial charge in [0.05, 0.1) is 21.4 Å². The number of aromatic nitrogens is 1. The number of thiophene rings is 1. The Bertz CT molecular complexity index is 3370. The smallest absolute Gasteiger partial charge is 0.370 e. The van der Waals surface area contributed by atoms with Gasteiger partial charge in [0.25, 0.3) is 11.8 Å². The quantitative estimate of drug-likeness (QED) is 0.0221. The molecule has 1 unspecified atom stereocenters. The van der Waals surface area contributed by atoms with Gasteiger partial charge in [-0.3, -0.25) is 43.7 Å². The summed E-state index contributed by atoms with van der Waals surface area (Å²) < 4.78 is 33.9. The Balaban J connectivity index is 0.881. The van der Waals surface area contributed by atoms with Gasteiger partial charge in [-0.1, -0.05) is 69.4 Å². The van der Waals surface area contributed by atoms with E-state index in [-0.39, 0.29) is 91.6 Å². The second kappa shape index (κ2) is 25.2. The number of nitrogens with zero attached hydrogens (tertiary/aromatic N) is 4. The topological polar surface area (TPSA) is 271 Å². The maximum atomic E-state index is 15.0.